The van der Waals surface area contributed by atoms with Crippen molar-refractivity contribution in [2.24, 2.45) is 5.73 Å². The van der Waals surface area contributed by atoms with Gasteiger partial charge in [-0.1, -0.05) is 29.0 Å². The molecule has 0 bridgehead atoms. The summed E-state index contributed by atoms with van der Waals surface area (Å²) in [6.07, 6.45) is 5.48. The number of piperidine rings is 1. The molecule has 0 unspecified atom stereocenters. The second-order valence-corrected chi connectivity index (χ2v) is 8.72. The molecule has 0 amide bonds. The predicted octanol–water partition coefficient (Wildman–Crippen LogP) is 3.93. The third kappa shape index (κ3) is 4.16. The van der Waals surface area contributed by atoms with Crippen molar-refractivity contribution in [2.45, 2.75) is 25.3 Å². The molecule has 1 atom stereocenters. The van der Waals surface area contributed by atoms with Gasteiger partial charge in [0, 0.05) is 49.2 Å². The van der Waals surface area contributed by atoms with E-state index in [1.165, 1.54) is 12.1 Å². The first-order chi connectivity index (χ1) is 14.4. The van der Waals surface area contributed by atoms with Crippen LogP contribution in [0.1, 0.15) is 28.9 Å². The molecule has 2 aromatic heterocycles. The summed E-state index contributed by atoms with van der Waals surface area (Å²) in [5.74, 6) is -0.760. The number of nitrogens with zero attached hydrogens (tertiary/aromatic N) is 3. The molecule has 1 fully saturated rings. The minimum absolute atomic E-state index is 0.0906. The Morgan fingerprint density at radius 1 is 1.37 bits per heavy atom. The number of Topliss-reactive ketones (excluding diaryl/α,β-unsaturated/α-hetero) is 1. The fraction of sp³-hybridized carbons (Fsp3) is 0.286. The van der Waals surface area contributed by atoms with E-state index in [0.29, 0.717) is 0 Å². The molecule has 1 aliphatic heterocycles. The second-order valence-electron chi connectivity index (χ2n) is 7.28. The Morgan fingerprint density at radius 2 is 2.20 bits per heavy atom. The number of hydrogen-bond acceptors (Lipinski definition) is 7. The van der Waals surface area contributed by atoms with E-state index in [2.05, 4.69) is 14.9 Å². The van der Waals surface area contributed by atoms with E-state index in [1.54, 1.807) is 18.5 Å². The molecule has 4 N–H and O–H groups in total. The van der Waals surface area contributed by atoms with E-state index in [-0.39, 0.29) is 44.5 Å². The van der Waals surface area contributed by atoms with E-state index < -0.39 is 5.82 Å². The molecule has 1 aromatic carbocycles. The number of thiazole rings is 1. The highest BCUT2D eigenvalue weighted by atomic mass is 35.5. The van der Waals surface area contributed by atoms with Gasteiger partial charge in [-0.2, -0.15) is 0 Å². The lowest BCUT2D eigenvalue weighted by Gasteiger charge is -2.33. The Bertz CT molecular complexity index is 1070. The van der Waals surface area contributed by atoms with Gasteiger partial charge < -0.3 is 16.4 Å². The lowest BCUT2D eigenvalue weighted by molar-refractivity contribution is 0.0989. The van der Waals surface area contributed by atoms with Crippen LogP contribution in [0.25, 0.3) is 10.6 Å². The fourth-order valence-electron chi connectivity index (χ4n) is 3.69. The van der Waals surface area contributed by atoms with Crippen LogP contribution >= 0.6 is 22.9 Å². The summed E-state index contributed by atoms with van der Waals surface area (Å²) in [4.78, 5) is 23.7. The minimum atomic E-state index is -0.508. The number of rotatable bonds is 5. The molecule has 0 spiro atoms. The van der Waals surface area contributed by atoms with E-state index >= 15 is 0 Å². The zero-order chi connectivity index (χ0) is 21.3. The summed E-state index contributed by atoms with van der Waals surface area (Å²) < 4.78 is 14.2. The number of hydrogen-bond donors (Lipinski definition) is 2. The maximum absolute atomic E-state index is 14.2. The zero-order valence-corrected chi connectivity index (χ0v) is 17.7. The van der Waals surface area contributed by atoms with Gasteiger partial charge in [-0.15, -0.1) is 0 Å². The van der Waals surface area contributed by atoms with Gasteiger partial charge in [0.05, 0.1) is 10.6 Å². The molecule has 156 valence electrons. The SMILES string of the molecule is Nc1sc(-c2c(F)cccc2Cl)nc1C(=O)Cc1cnccc1N1CCC[C@H](N)C1. The molecule has 3 aromatic rings. The third-order valence-electron chi connectivity index (χ3n) is 5.12. The van der Waals surface area contributed by atoms with Crippen LogP contribution in [0.15, 0.2) is 36.7 Å². The van der Waals surface area contributed by atoms with Crippen molar-refractivity contribution in [1.82, 2.24) is 9.97 Å². The van der Waals surface area contributed by atoms with Gasteiger partial charge >= 0.3 is 0 Å². The number of carbonyl (C=O) groups is 1. The van der Waals surface area contributed by atoms with Crippen LogP contribution in [0.2, 0.25) is 5.02 Å². The molecule has 1 saturated heterocycles. The lowest BCUT2D eigenvalue weighted by atomic mass is 10.0. The van der Waals surface area contributed by atoms with E-state index in [4.69, 9.17) is 23.1 Å². The zero-order valence-electron chi connectivity index (χ0n) is 16.1. The maximum Gasteiger partial charge on any atom is 0.188 e. The number of benzene rings is 1. The van der Waals surface area contributed by atoms with Crippen molar-refractivity contribution < 1.29 is 9.18 Å². The number of carbonyl (C=O) groups excluding carboxylic acids is 1. The van der Waals surface area contributed by atoms with Gasteiger partial charge in [-0.25, -0.2) is 9.37 Å². The van der Waals surface area contributed by atoms with Crippen molar-refractivity contribution in [3.05, 3.63) is 58.8 Å². The smallest absolute Gasteiger partial charge is 0.188 e. The minimum Gasteiger partial charge on any atom is -0.389 e. The van der Waals surface area contributed by atoms with Gasteiger partial charge in [0.15, 0.2) is 5.78 Å². The number of aromatic nitrogens is 2. The molecular weight excluding hydrogens is 425 g/mol. The Kier molecular flexibility index (Phi) is 5.99. The van der Waals surface area contributed by atoms with E-state index in [1.807, 2.05) is 6.07 Å². The summed E-state index contributed by atoms with van der Waals surface area (Å²) in [6.45, 7) is 1.62. The molecule has 9 heteroatoms. The molecule has 0 saturated carbocycles. The number of nitrogen functional groups attached to an aromatic ring is 1. The van der Waals surface area contributed by atoms with Gasteiger partial charge in [-0.3, -0.25) is 9.78 Å². The van der Waals surface area contributed by atoms with Crippen LogP contribution in [0.4, 0.5) is 15.1 Å². The average Bonchev–Trinajstić information content (AvgIpc) is 3.09. The van der Waals surface area contributed by atoms with Crippen molar-refractivity contribution in [1.29, 1.82) is 0 Å². The van der Waals surface area contributed by atoms with Gasteiger partial charge in [-0.05, 0) is 31.0 Å². The quantitative estimate of drug-likeness (QED) is 0.577. The second kappa shape index (κ2) is 8.67. The van der Waals surface area contributed by atoms with E-state index in [0.717, 1.165) is 48.5 Å². The molecule has 0 radical (unpaired) electrons. The molecule has 6 nitrogen and oxygen atoms in total. The van der Waals surface area contributed by atoms with Crippen LogP contribution in [-0.4, -0.2) is 34.9 Å². The first-order valence-corrected chi connectivity index (χ1v) is 10.8. The van der Waals surface area contributed by atoms with Crippen molar-refractivity contribution in [3.8, 4) is 10.6 Å². The monoisotopic (exact) mass is 445 g/mol. The van der Waals surface area contributed by atoms with Crippen LogP contribution in [-0.2, 0) is 6.42 Å². The normalized spacial score (nSPS) is 16.6. The van der Waals surface area contributed by atoms with Gasteiger partial charge in [0.1, 0.15) is 21.5 Å². The van der Waals surface area contributed by atoms with Crippen molar-refractivity contribution in [3.63, 3.8) is 0 Å². The molecule has 30 heavy (non-hydrogen) atoms. The van der Waals surface area contributed by atoms with E-state index in [9.17, 15) is 9.18 Å². The number of halogens is 2. The highest BCUT2D eigenvalue weighted by Crippen LogP contribution is 2.36. The Labute approximate surface area is 182 Å². The van der Waals surface area contributed by atoms with Crippen LogP contribution in [0, 0.1) is 5.82 Å². The summed E-state index contributed by atoms with van der Waals surface area (Å²) >= 11 is 7.18. The Morgan fingerprint density at radius 3 is 2.97 bits per heavy atom. The standard InChI is InChI=1S/C21H21ClFN5OS/c22-14-4-1-5-15(23)18(14)21-27-19(20(25)30-21)17(29)9-12-10-26-7-6-16(12)28-8-2-3-13(24)11-28/h1,4-7,10,13H,2-3,8-9,11,24-25H2/t13-/m0/s1. The van der Waals surface area contributed by atoms with Crippen molar-refractivity contribution >= 4 is 39.4 Å². The van der Waals surface area contributed by atoms with Crippen LogP contribution in [0.3, 0.4) is 0 Å². The number of ketones is 1. The Balaban J connectivity index is 1.61. The molecule has 1 aliphatic rings. The van der Waals surface area contributed by atoms with Crippen molar-refractivity contribution in [2.75, 3.05) is 23.7 Å². The maximum atomic E-state index is 14.2. The van der Waals surface area contributed by atoms with Crippen LogP contribution < -0.4 is 16.4 Å². The molecule has 3 heterocycles. The molecular formula is C21H21ClFN5OS. The molecule has 0 aliphatic carbocycles. The highest BCUT2D eigenvalue weighted by Gasteiger charge is 2.24. The number of nitrogens with two attached hydrogens (primary N) is 2. The summed E-state index contributed by atoms with van der Waals surface area (Å²) in [7, 11) is 0. The first-order valence-electron chi connectivity index (χ1n) is 9.61. The number of pyridine rings is 1. The topological polar surface area (TPSA) is 98.1 Å². The predicted molar refractivity (Wildman–Crippen MR) is 119 cm³/mol. The average molecular weight is 446 g/mol. The summed E-state index contributed by atoms with van der Waals surface area (Å²) in [5.41, 5.74) is 14.2. The Hall–Kier alpha value is -2.55. The highest BCUT2D eigenvalue weighted by molar-refractivity contribution is 7.19. The first kappa shape index (κ1) is 20.7. The van der Waals surface area contributed by atoms with Gasteiger partial charge in [0.2, 0.25) is 0 Å². The van der Waals surface area contributed by atoms with Crippen LogP contribution in [0.5, 0.6) is 0 Å². The summed E-state index contributed by atoms with van der Waals surface area (Å²) in [5, 5.41) is 0.742. The fourth-order valence-corrected chi connectivity index (χ4v) is 4.91. The third-order valence-corrected chi connectivity index (χ3v) is 6.34. The van der Waals surface area contributed by atoms with Gasteiger partial charge in [0.25, 0.3) is 0 Å². The molecule has 4 rings (SSSR count). The lowest BCUT2D eigenvalue weighted by Crippen LogP contribution is -2.43. The number of anilines is 2. The summed E-state index contributed by atoms with van der Waals surface area (Å²) in [6, 6.07) is 6.39. The largest absolute Gasteiger partial charge is 0.389 e.